The van der Waals surface area contributed by atoms with E-state index in [0.717, 1.165) is 5.56 Å². The van der Waals surface area contributed by atoms with E-state index in [-0.39, 0.29) is 17.5 Å². The molecule has 1 fully saturated rings. The van der Waals surface area contributed by atoms with Crippen LogP contribution in [0.15, 0.2) is 42.5 Å². The third-order valence-corrected chi connectivity index (χ3v) is 4.34. The Bertz CT molecular complexity index is 779. The van der Waals surface area contributed by atoms with Crippen molar-refractivity contribution in [3.8, 4) is 5.88 Å². The molecule has 2 heterocycles. The molecular weight excluding hydrogens is 344 g/mol. The molecule has 1 amide bonds. The number of halogens is 1. The molecule has 0 unspecified atom stereocenters. The van der Waals surface area contributed by atoms with Gasteiger partial charge in [0.1, 0.15) is 11.8 Å². The highest BCUT2D eigenvalue weighted by Gasteiger charge is 2.36. The van der Waals surface area contributed by atoms with Crippen molar-refractivity contribution in [2.24, 2.45) is 0 Å². The molecule has 0 spiro atoms. The summed E-state index contributed by atoms with van der Waals surface area (Å²) < 4.78 is 5.61. The number of carboxylic acid groups (broad SMARTS) is 1. The van der Waals surface area contributed by atoms with E-state index in [9.17, 15) is 9.59 Å². The lowest BCUT2D eigenvalue weighted by atomic mass is 10.0. The van der Waals surface area contributed by atoms with Crippen LogP contribution < -0.4 is 4.74 Å². The average Bonchev–Trinajstić information content (AvgIpc) is 2.59. The summed E-state index contributed by atoms with van der Waals surface area (Å²) in [6.07, 6.45) is 1.12. The molecule has 1 atom stereocenters. The highest BCUT2D eigenvalue weighted by atomic mass is 35.5. The minimum absolute atomic E-state index is 0.0200. The molecule has 0 radical (unpaired) electrons. The molecule has 7 heteroatoms. The van der Waals surface area contributed by atoms with Crippen molar-refractivity contribution in [2.75, 3.05) is 13.2 Å². The van der Waals surface area contributed by atoms with Crippen molar-refractivity contribution in [3.63, 3.8) is 0 Å². The van der Waals surface area contributed by atoms with Crippen molar-refractivity contribution in [1.82, 2.24) is 9.88 Å². The number of β-lactam (4-membered cyclic amide) rings is 1. The number of hydrogen-bond donors (Lipinski definition) is 1. The maximum atomic E-state index is 11.8. The molecule has 0 bridgehead atoms. The van der Waals surface area contributed by atoms with Gasteiger partial charge in [0.2, 0.25) is 11.8 Å². The quantitative estimate of drug-likeness (QED) is 0.606. The number of rotatable bonds is 7. The van der Waals surface area contributed by atoms with Gasteiger partial charge in [-0.3, -0.25) is 4.79 Å². The normalized spacial score (nSPS) is 16.4. The first kappa shape index (κ1) is 17.2. The smallest absolute Gasteiger partial charge is 0.335 e. The van der Waals surface area contributed by atoms with E-state index in [1.807, 2.05) is 0 Å². The highest BCUT2D eigenvalue weighted by molar-refractivity contribution is 6.29. The molecule has 0 saturated carbocycles. The number of aromatic nitrogens is 1. The van der Waals surface area contributed by atoms with E-state index in [0.29, 0.717) is 37.0 Å². The van der Waals surface area contributed by atoms with Gasteiger partial charge in [0.25, 0.3) is 0 Å². The van der Waals surface area contributed by atoms with Crippen molar-refractivity contribution in [3.05, 3.63) is 58.7 Å². The van der Waals surface area contributed by atoms with Gasteiger partial charge in [-0.2, -0.15) is 0 Å². The maximum absolute atomic E-state index is 11.8. The second kappa shape index (κ2) is 7.53. The molecule has 1 aromatic carbocycles. The summed E-state index contributed by atoms with van der Waals surface area (Å²) in [5.41, 5.74) is 1.24. The van der Waals surface area contributed by atoms with Crippen molar-refractivity contribution < 1.29 is 19.4 Å². The number of nitrogens with zero attached hydrogens (tertiary/aromatic N) is 2. The molecule has 6 nitrogen and oxygen atoms in total. The third-order valence-electron chi connectivity index (χ3n) is 4.13. The topological polar surface area (TPSA) is 79.7 Å². The summed E-state index contributed by atoms with van der Waals surface area (Å²) in [4.78, 5) is 28.5. The summed E-state index contributed by atoms with van der Waals surface area (Å²) in [5, 5.41) is 9.27. The zero-order chi connectivity index (χ0) is 17.8. The van der Waals surface area contributed by atoms with E-state index in [1.165, 1.54) is 0 Å². The predicted molar refractivity (Wildman–Crippen MR) is 92.0 cm³/mol. The lowest BCUT2D eigenvalue weighted by Gasteiger charge is -2.40. The van der Waals surface area contributed by atoms with Gasteiger partial charge in [-0.15, -0.1) is 0 Å². The number of amides is 1. The number of aromatic carboxylic acids is 1. The third kappa shape index (κ3) is 4.28. The zero-order valence-electron chi connectivity index (χ0n) is 13.4. The minimum Gasteiger partial charge on any atom is -0.478 e. The van der Waals surface area contributed by atoms with Gasteiger partial charge in [0, 0.05) is 12.6 Å². The van der Waals surface area contributed by atoms with Gasteiger partial charge in [0.15, 0.2) is 0 Å². The summed E-state index contributed by atoms with van der Waals surface area (Å²) in [6.45, 7) is 0.944. The van der Waals surface area contributed by atoms with Gasteiger partial charge in [-0.25, -0.2) is 9.78 Å². The SMILES string of the molecule is O=C(O)c1ccc(CCN2C(=O)C[C@@H]2COc2cccc(Cl)n2)cc1. The van der Waals surface area contributed by atoms with E-state index in [1.54, 1.807) is 47.4 Å². The maximum Gasteiger partial charge on any atom is 0.335 e. The van der Waals surface area contributed by atoms with Crippen LogP contribution >= 0.6 is 11.6 Å². The number of likely N-dealkylation sites (tertiary alicyclic amines) is 1. The molecule has 25 heavy (non-hydrogen) atoms. The fourth-order valence-electron chi connectivity index (χ4n) is 2.69. The van der Waals surface area contributed by atoms with Crippen LogP contribution in [0.3, 0.4) is 0 Å². The molecule has 0 aliphatic carbocycles. The fraction of sp³-hybridized carbons (Fsp3) is 0.278. The van der Waals surface area contributed by atoms with Crippen LogP contribution in [0.2, 0.25) is 5.15 Å². The summed E-state index contributed by atoms with van der Waals surface area (Å²) in [7, 11) is 0. The Morgan fingerprint density at radius 2 is 2.04 bits per heavy atom. The Morgan fingerprint density at radius 3 is 2.68 bits per heavy atom. The Kier molecular flexibility index (Phi) is 5.19. The Hall–Kier alpha value is -2.60. The van der Waals surface area contributed by atoms with Crippen LogP contribution in [0.1, 0.15) is 22.3 Å². The first-order valence-corrected chi connectivity index (χ1v) is 8.28. The molecular formula is C18H17ClN2O4. The van der Waals surface area contributed by atoms with Gasteiger partial charge in [-0.05, 0) is 30.2 Å². The van der Waals surface area contributed by atoms with E-state index < -0.39 is 5.97 Å². The summed E-state index contributed by atoms with van der Waals surface area (Å²) >= 11 is 5.82. The van der Waals surface area contributed by atoms with Crippen LogP contribution in [-0.4, -0.2) is 46.1 Å². The Labute approximate surface area is 150 Å². The van der Waals surface area contributed by atoms with Crippen molar-refractivity contribution in [2.45, 2.75) is 18.9 Å². The number of carbonyl (C=O) groups is 2. The molecule has 1 saturated heterocycles. The number of pyridine rings is 1. The van der Waals surface area contributed by atoms with Crippen LogP contribution in [0, 0.1) is 0 Å². The predicted octanol–water partition coefficient (Wildman–Crippen LogP) is 2.66. The Balaban J connectivity index is 1.51. The van der Waals surface area contributed by atoms with E-state index in [2.05, 4.69) is 4.98 Å². The van der Waals surface area contributed by atoms with Crippen LogP contribution in [0.25, 0.3) is 0 Å². The van der Waals surface area contributed by atoms with Gasteiger partial charge < -0.3 is 14.7 Å². The second-order valence-electron chi connectivity index (χ2n) is 5.81. The molecule has 130 valence electrons. The summed E-state index contributed by atoms with van der Waals surface area (Å²) in [6, 6.07) is 11.9. The Morgan fingerprint density at radius 1 is 1.28 bits per heavy atom. The average molecular weight is 361 g/mol. The molecule has 2 aromatic rings. The first-order valence-electron chi connectivity index (χ1n) is 7.90. The first-order chi connectivity index (χ1) is 12.0. The van der Waals surface area contributed by atoms with Crippen LogP contribution in [0.5, 0.6) is 5.88 Å². The van der Waals surface area contributed by atoms with Gasteiger partial charge in [-0.1, -0.05) is 29.8 Å². The standard InChI is InChI=1S/C18H17ClN2O4/c19-15-2-1-3-16(20-15)25-11-14-10-17(22)21(14)9-8-12-4-6-13(7-5-12)18(23)24/h1-7,14H,8-11H2,(H,23,24)/t14-/m1/s1. The molecule has 1 aliphatic rings. The molecule has 1 aromatic heterocycles. The van der Waals surface area contributed by atoms with Crippen LogP contribution in [-0.2, 0) is 11.2 Å². The lowest BCUT2D eigenvalue weighted by Crippen LogP contribution is -2.55. The van der Waals surface area contributed by atoms with Gasteiger partial charge >= 0.3 is 5.97 Å². The monoisotopic (exact) mass is 360 g/mol. The van der Waals surface area contributed by atoms with Crippen molar-refractivity contribution in [1.29, 1.82) is 0 Å². The fourth-order valence-corrected chi connectivity index (χ4v) is 2.85. The molecule has 3 rings (SSSR count). The zero-order valence-corrected chi connectivity index (χ0v) is 14.1. The van der Waals surface area contributed by atoms with Gasteiger partial charge in [0.05, 0.1) is 18.0 Å². The second-order valence-corrected chi connectivity index (χ2v) is 6.19. The minimum atomic E-state index is -0.948. The summed E-state index contributed by atoms with van der Waals surface area (Å²) in [5.74, 6) is -0.415. The molecule has 1 N–H and O–H groups in total. The number of hydrogen-bond acceptors (Lipinski definition) is 4. The largest absolute Gasteiger partial charge is 0.478 e. The van der Waals surface area contributed by atoms with E-state index in [4.69, 9.17) is 21.4 Å². The number of ether oxygens (including phenoxy) is 1. The van der Waals surface area contributed by atoms with Crippen LogP contribution in [0.4, 0.5) is 0 Å². The number of benzene rings is 1. The van der Waals surface area contributed by atoms with Crippen molar-refractivity contribution >= 4 is 23.5 Å². The molecule has 1 aliphatic heterocycles. The number of carboxylic acids is 1. The number of carbonyl (C=O) groups excluding carboxylic acids is 1. The lowest BCUT2D eigenvalue weighted by molar-refractivity contribution is -0.147. The highest BCUT2D eigenvalue weighted by Crippen LogP contribution is 2.21. The van der Waals surface area contributed by atoms with E-state index >= 15 is 0 Å².